The van der Waals surface area contributed by atoms with E-state index in [1.165, 1.54) is 0 Å². The first kappa shape index (κ1) is 17.6. The van der Waals surface area contributed by atoms with Gasteiger partial charge in [-0.2, -0.15) is 0 Å². The van der Waals surface area contributed by atoms with E-state index >= 15 is 0 Å². The van der Waals surface area contributed by atoms with Gasteiger partial charge < -0.3 is 19.4 Å². The predicted octanol–water partition coefficient (Wildman–Crippen LogP) is 4.44. The van der Waals surface area contributed by atoms with Gasteiger partial charge in [0.25, 0.3) is 0 Å². The molecule has 6 nitrogen and oxygen atoms in total. The molecule has 3 atom stereocenters. The number of hydrogen-bond acceptors (Lipinski definition) is 6. The Bertz CT molecular complexity index is 1010. The Labute approximate surface area is 171 Å². The Morgan fingerprint density at radius 3 is 2.82 bits per heavy atom. The summed E-state index contributed by atoms with van der Waals surface area (Å²) in [6.45, 7) is 6.85. The Balaban J connectivity index is 1.58. The summed E-state index contributed by atoms with van der Waals surface area (Å²) in [5.41, 5.74) is 4.11. The summed E-state index contributed by atoms with van der Waals surface area (Å²) in [4.78, 5) is 8.05. The minimum absolute atomic E-state index is 0.0135. The Hall–Kier alpha value is -2.51. The molecule has 5 rings (SSSR count). The van der Waals surface area contributed by atoms with Crippen LogP contribution in [0.5, 0.6) is 17.2 Å². The molecule has 3 aliphatic rings. The third kappa shape index (κ3) is 2.61. The molecule has 0 radical (unpaired) electrons. The summed E-state index contributed by atoms with van der Waals surface area (Å²) in [6, 6.07) is 9.28. The summed E-state index contributed by atoms with van der Waals surface area (Å²) >= 11 is 3.65. The topological polar surface area (TPSA) is 63.5 Å². The van der Waals surface area contributed by atoms with E-state index in [1.807, 2.05) is 37.3 Å². The third-order valence-corrected chi connectivity index (χ3v) is 6.30. The smallest absolute Gasteiger partial charge is 0.231 e. The van der Waals surface area contributed by atoms with Gasteiger partial charge in [0, 0.05) is 11.0 Å². The highest BCUT2D eigenvalue weighted by Gasteiger charge is 2.46. The first-order chi connectivity index (χ1) is 13.6. The maximum absolute atomic E-state index is 10.1. The van der Waals surface area contributed by atoms with E-state index in [4.69, 9.17) is 14.3 Å². The number of ether oxygens (including phenoxy) is 2. The van der Waals surface area contributed by atoms with Crippen LogP contribution < -0.4 is 9.47 Å². The van der Waals surface area contributed by atoms with Gasteiger partial charge in [0.1, 0.15) is 5.75 Å². The third-order valence-electron chi connectivity index (χ3n) is 5.57. The zero-order valence-corrected chi connectivity index (χ0v) is 16.8. The molecule has 0 aromatic heterocycles. The fraction of sp³-hybridized carbons (Fsp3) is 0.286. The molecule has 7 heteroatoms. The monoisotopic (exact) mass is 442 g/mol. The molecule has 0 unspecified atom stereocenters. The molecular formula is C21H19BrN2O4. The van der Waals surface area contributed by atoms with E-state index in [0.29, 0.717) is 6.54 Å². The molecule has 28 heavy (non-hydrogen) atoms. The lowest BCUT2D eigenvalue weighted by Gasteiger charge is -2.42. The van der Waals surface area contributed by atoms with Crippen LogP contribution in [0.1, 0.15) is 35.6 Å². The zero-order chi connectivity index (χ0) is 19.4. The van der Waals surface area contributed by atoms with E-state index < -0.39 is 0 Å². The number of benzene rings is 2. The number of halogens is 1. The standard InChI is InChI=1S/C21H19BrN2O4/c1-3-17-15-7-13(25)4-5-14(15)20-11(2)23-28-21(20)24(17)9-12-6-18-19(8-16(12)22)27-10-26-18/h3-8,17,20-21,25H,1,9-10H2,2H3/t17-,20-,21-/m1/s1. The molecular weight excluding hydrogens is 424 g/mol. The first-order valence-electron chi connectivity index (χ1n) is 9.06. The van der Waals surface area contributed by atoms with E-state index in [0.717, 1.165) is 38.4 Å². The lowest BCUT2D eigenvalue weighted by atomic mass is 9.81. The van der Waals surface area contributed by atoms with Crippen molar-refractivity contribution in [3.05, 3.63) is 64.1 Å². The van der Waals surface area contributed by atoms with Gasteiger partial charge in [0.05, 0.1) is 17.7 Å². The molecule has 0 amide bonds. The fourth-order valence-corrected chi connectivity index (χ4v) is 4.71. The van der Waals surface area contributed by atoms with Crippen molar-refractivity contribution in [2.75, 3.05) is 6.79 Å². The highest BCUT2D eigenvalue weighted by atomic mass is 79.9. The maximum atomic E-state index is 10.1. The molecule has 3 aliphatic heterocycles. The molecule has 0 aliphatic carbocycles. The lowest BCUT2D eigenvalue weighted by molar-refractivity contribution is -0.0719. The van der Waals surface area contributed by atoms with Crippen LogP contribution in [0.3, 0.4) is 0 Å². The van der Waals surface area contributed by atoms with Crippen molar-refractivity contribution in [1.82, 2.24) is 4.90 Å². The van der Waals surface area contributed by atoms with Crippen LogP contribution in [0.4, 0.5) is 0 Å². The quantitative estimate of drug-likeness (QED) is 0.711. The van der Waals surface area contributed by atoms with Crippen molar-refractivity contribution in [3.63, 3.8) is 0 Å². The van der Waals surface area contributed by atoms with Crippen molar-refractivity contribution >= 4 is 21.6 Å². The summed E-state index contributed by atoms with van der Waals surface area (Å²) in [5.74, 6) is 1.72. The van der Waals surface area contributed by atoms with Crippen LogP contribution in [0.25, 0.3) is 0 Å². The van der Waals surface area contributed by atoms with Gasteiger partial charge in [0.2, 0.25) is 6.79 Å². The molecule has 0 saturated heterocycles. The van der Waals surface area contributed by atoms with Crippen LogP contribution in [0.2, 0.25) is 0 Å². The van der Waals surface area contributed by atoms with Crippen LogP contribution in [0, 0.1) is 0 Å². The average Bonchev–Trinajstić information content (AvgIpc) is 3.28. The zero-order valence-electron chi connectivity index (χ0n) is 15.3. The number of oxime groups is 1. The van der Waals surface area contributed by atoms with Gasteiger partial charge in [-0.25, -0.2) is 0 Å². The van der Waals surface area contributed by atoms with Crippen molar-refractivity contribution in [2.45, 2.75) is 31.7 Å². The number of rotatable bonds is 3. The lowest BCUT2D eigenvalue weighted by Crippen LogP contribution is -2.45. The minimum Gasteiger partial charge on any atom is -0.508 e. The number of nitrogens with zero attached hydrogens (tertiary/aromatic N) is 2. The summed E-state index contributed by atoms with van der Waals surface area (Å²) in [6.07, 6.45) is 1.64. The number of phenols is 1. The van der Waals surface area contributed by atoms with Gasteiger partial charge in [-0.1, -0.05) is 33.2 Å². The van der Waals surface area contributed by atoms with E-state index in [1.54, 1.807) is 6.07 Å². The predicted molar refractivity (Wildman–Crippen MR) is 108 cm³/mol. The summed E-state index contributed by atoms with van der Waals surface area (Å²) < 4.78 is 11.9. The average molecular weight is 443 g/mol. The van der Waals surface area contributed by atoms with Crippen molar-refractivity contribution in [1.29, 1.82) is 0 Å². The molecule has 0 spiro atoms. The second-order valence-corrected chi connectivity index (χ2v) is 8.02. The normalized spacial score (nSPS) is 24.9. The van der Waals surface area contributed by atoms with Gasteiger partial charge in [-0.3, -0.25) is 4.90 Å². The summed E-state index contributed by atoms with van der Waals surface area (Å²) in [7, 11) is 0. The maximum Gasteiger partial charge on any atom is 0.231 e. The van der Waals surface area contributed by atoms with Gasteiger partial charge in [-0.05, 0) is 47.9 Å². The molecule has 2 aromatic carbocycles. The van der Waals surface area contributed by atoms with Crippen LogP contribution in [-0.4, -0.2) is 28.7 Å². The molecule has 0 bridgehead atoms. The first-order valence-corrected chi connectivity index (χ1v) is 9.85. The van der Waals surface area contributed by atoms with Crippen LogP contribution in [-0.2, 0) is 11.4 Å². The van der Waals surface area contributed by atoms with E-state index in [-0.39, 0.29) is 30.7 Å². The number of fused-ring (bicyclic) bond motifs is 4. The van der Waals surface area contributed by atoms with Crippen LogP contribution >= 0.6 is 15.9 Å². The number of hydrogen-bond donors (Lipinski definition) is 1. The second-order valence-electron chi connectivity index (χ2n) is 7.17. The number of aromatic hydroxyl groups is 1. The van der Waals surface area contributed by atoms with E-state index in [9.17, 15) is 5.11 Å². The second kappa shape index (κ2) is 6.53. The Morgan fingerprint density at radius 2 is 2.04 bits per heavy atom. The fourth-order valence-electron chi connectivity index (χ4n) is 4.26. The van der Waals surface area contributed by atoms with Gasteiger partial charge in [0.15, 0.2) is 17.7 Å². The molecule has 1 N–H and O–H groups in total. The highest BCUT2D eigenvalue weighted by molar-refractivity contribution is 9.10. The van der Waals surface area contributed by atoms with Gasteiger partial charge in [-0.15, -0.1) is 6.58 Å². The Morgan fingerprint density at radius 1 is 1.25 bits per heavy atom. The van der Waals surface area contributed by atoms with Crippen molar-refractivity contribution in [3.8, 4) is 17.2 Å². The molecule has 0 saturated carbocycles. The molecule has 0 fully saturated rings. The summed E-state index contributed by atoms with van der Waals surface area (Å²) in [5, 5.41) is 14.3. The number of phenolic OH excluding ortho intramolecular Hbond substituents is 1. The highest BCUT2D eigenvalue weighted by Crippen LogP contribution is 2.47. The minimum atomic E-state index is -0.239. The molecule has 2 aromatic rings. The van der Waals surface area contributed by atoms with Crippen molar-refractivity contribution < 1.29 is 19.4 Å². The van der Waals surface area contributed by atoms with Crippen molar-refractivity contribution in [2.24, 2.45) is 5.16 Å². The molecule has 144 valence electrons. The SMILES string of the molecule is C=C[C@@H]1c2cc(O)ccc2[C@H]2C(C)=NO[C@H]2N1Cc1cc2c(cc1Br)OCO2. The molecule has 3 heterocycles. The largest absolute Gasteiger partial charge is 0.508 e. The van der Waals surface area contributed by atoms with Gasteiger partial charge >= 0.3 is 0 Å². The Kier molecular flexibility index (Phi) is 4.10. The van der Waals surface area contributed by atoms with Crippen LogP contribution in [0.15, 0.2) is 52.6 Å². The van der Waals surface area contributed by atoms with E-state index in [2.05, 4.69) is 32.6 Å².